The van der Waals surface area contributed by atoms with Crippen LogP contribution in [-0.4, -0.2) is 68.7 Å². The molecule has 0 saturated carbocycles. The van der Waals surface area contributed by atoms with Crippen LogP contribution < -0.4 is 5.32 Å². The molecule has 0 radical (unpaired) electrons. The van der Waals surface area contributed by atoms with Gasteiger partial charge in [0.25, 0.3) is 0 Å². The van der Waals surface area contributed by atoms with Crippen molar-refractivity contribution in [3.63, 3.8) is 0 Å². The number of rotatable bonds is 4. The minimum Gasteiger partial charge on any atom is -0.341 e. The van der Waals surface area contributed by atoms with E-state index in [1.807, 2.05) is 4.90 Å². The predicted octanol–water partition coefficient (Wildman–Crippen LogP) is 1.37. The van der Waals surface area contributed by atoms with Crippen LogP contribution in [0, 0.1) is 0 Å². The second kappa shape index (κ2) is 8.05. The lowest BCUT2D eigenvalue weighted by Gasteiger charge is -2.29. The Labute approximate surface area is 154 Å². The van der Waals surface area contributed by atoms with Crippen LogP contribution in [0.1, 0.15) is 57.6 Å². The lowest BCUT2D eigenvalue weighted by atomic mass is 10.1. The molecule has 26 heavy (non-hydrogen) atoms. The largest absolute Gasteiger partial charge is 0.341 e. The highest BCUT2D eigenvalue weighted by molar-refractivity contribution is 5.84. The van der Waals surface area contributed by atoms with E-state index in [1.54, 1.807) is 4.90 Å². The Kier molecular flexibility index (Phi) is 5.78. The molecule has 1 unspecified atom stereocenters. The van der Waals surface area contributed by atoms with Crippen molar-refractivity contribution in [2.45, 2.75) is 65.0 Å². The molecule has 8 heteroatoms. The zero-order valence-electron chi connectivity index (χ0n) is 16.1. The van der Waals surface area contributed by atoms with Crippen molar-refractivity contribution in [3.8, 4) is 0 Å². The van der Waals surface area contributed by atoms with Crippen LogP contribution in [0.5, 0.6) is 0 Å². The Morgan fingerprint density at radius 1 is 1.31 bits per heavy atom. The molecule has 0 aromatic carbocycles. The standard InChI is InChI=1S/C18H30N6O2/c1-4-8-22-9-5-10-23(12-16(22)25)18(26)19-14-6-7-15-20-21-17(13(2)3)24(15)11-14/h13-14H,4-12H2,1-3H3,(H,19,26). The topological polar surface area (TPSA) is 83.4 Å². The van der Waals surface area contributed by atoms with Gasteiger partial charge < -0.3 is 19.7 Å². The highest BCUT2D eigenvalue weighted by Crippen LogP contribution is 2.20. The summed E-state index contributed by atoms with van der Waals surface area (Å²) in [6, 6.07) is -0.0853. The van der Waals surface area contributed by atoms with Crippen LogP contribution in [0.15, 0.2) is 0 Å². The van der Waals surface area contributed by atoms with Crippen molar-refractivity contribution in [2.75, 3.05) is 26.2 Å². The first-order valence-electron chi connectivity index (χ1n) is 9.74. The minimum atomic E-state index is -0.135. The van der Waals surface area contributed by atoms with Gasteiger partial charge in [0.05, 0.1) is 0 Å². The number of nitrogens with one attached hydrogen (secondary N) is 1. The van der Waals surface area contributed by atoms with Crippen LogP contribution in [-0.2, 0) is 17.8 Å². The molecular formula is C18H30N6O2. The highest BCUT2D eigenvalue weighted by atomic mass is 16.2. The Balaban J connectivity index is 1.60. The molecule has 3 heterocycles. The summed E-state index contributed by atoms with van der Waals surface area (Å²) in [5, 5.41) is 11.7. The number of hydrogen-bond acceptors (Lipinski definition) is 4. The fourth-order valence-corrected chi connectivity index (χ4v) is 3.76. The van der Waals surface area contributed by atoms with Gasteiger partial charge in [0.2, 0.25) is 5.91 Å². The third kappa shape index (κ3) is 3.99. The van der Waals surface area contributed by atoms with Gasteiger partial charge in [0.1, 0.15) is 18.2 Å². The van der Waals surface area contributed by atoms with Crippen molar-refractivity contribution < 1.29 is 9.59 Å². The van der Waals surface area contributed by atoms with E-state index in [1.165, 1.54) is 0 Å². The number of aryl methyl sites for hydroxylation is 1. The number of amides is 3. The highest BCUT2D eigenvalue weighted by Gasteiger charge is 2.28. The number of aromatic nitrogens is 3. The molecule has 3 amide bonds. The zero-order valence-corrected chi connectivity index (χ0v) is 16.1. The van der Waals surface area contributed by atoms with E-state index >= 15 is 0 Å². The summed E-state index contributed by atoms with van der Waals surface area (Å²) in [7, 11) is 0. The lowest BCUT2D eigenvalue weighted by molar-refractivity contribution is -0.130. The van der Waals surface area contributed by atoms with E-state index in [0.717, 1.165) is 50.4 Å². The van der Waals surface area contributed by atoms with Gasteiger partial charge in [-0.1, -0.05) is 20.8 Å². The van der Waals surface area contributed by atoms with Crippen LogP contribution in [0.4, 0.5) is 4.79 Å². The molecule has 2 aliphatic rings. The number of urea groups is 1. The van der Waals surface area contributed by atoms with E-state index in [9.17, 15) is 9.59 Å². The van der Waals surface area contributed by atoms with Gasteiger partial charge in [-0.25, -0.2) is 4.79 Å². The smallest absolute Gasteiger partial charge is 0.318 e. The molecule has 1 aromatic heterocycles. The fourth-order valence-electron chi connectivity index (χ4n) is 3.76. The molecule has 1 N–H and O–H groups in total. The van der Waals surface area contributed by atoms with E-state index in [4.69, 9.17) is 0 Å². The maximum atomic E-state index is 12.7. The Morgan fingerprint density at radius 3 is 2.85 bits per heavy atom. The van der Waals surface area contributed by atoms with Gasteiger partial charge in [-0.3, -0.25) is 4.79 Å². The SMILES string of the molecule is CCCN1CCCN(C(=O)NC2CCc3nnc(C(C)C)n3C2)CC1=O. The first kappa shape index (κ1) is 18.7. The van der Waals surface area contributed by atoms with Crippen molar-refractivity contribution in [1.82, 2.24) is 29.9 Å². The van der Waals surface area contributed by atoms with Crippen molar-refractivity contribution in [1.29, 1.82) is 0 Å². The summed E-state index contributed by atoms with van der Waals surface area (Å²) in [4.78, 5) is 28.6. The summed E-state index contributed by atoms with van der Waals surface area (Å²) >= 11 is 0. The molecule has 144 valence electrons. The van der Waals surface area contributed by atoms with Gasteiger partial charge >= 0.3 is 6.03 Å². The monoisotopic (exact) mass is 362 g/mol. The summed E-state index contributed by atoms with van der Waals surface area (Å²) in [6.07, 6.45) is 3.44. The second-order valence-electron chi connectivity index (χ2n) is 7.58. The quantitative estimate of drug-likeness (QED) is 0.877. The number of nitrogens with zero attached hydrogens (tertiary/aromatic N) is 5. The molecular weight excluding hydrogens is 332 g/mol. The molecule has 0 spiro atoms. The molecule has 1 fully saturated rings. The minimum absolute atomic E-state index is 0.0475. The zero-order chi connectivity index (χ0) is 18.7. The molecule has 8 nitrogen and oxygen atoms in total. The van der Waals surface area contributed by atoms with Crippen LogP contribution in [0.3, 0.4) is 0 Å². The van der Waals surface area contributed by atoms with E-state index in [-0.39, 0.29) is 24.5 Å². The Morgan fingerprint density at radius 2 is 2.12 bits per heavy atom. The second-order valence-corrected chi connectivity index (χ2v) is 7.58. The average molecular weight is 362 g/mol. The summed E-state index contributed by atoms with van der Waals surface area (Å²) in [5.74, 6) is 2.32. The Hall–Kier alpha value is -2.12. The summed E-state index contributed by atoms with van der Waals surface area (Å²) in [5.41, 5.74) is 0. The van der Waals surface area contributed by atoms with Gasteiger partial charge in [-0.15, -0.1) is 10.2 Å². The molecule has 1 saturated heterocycles. The molecule has 1 atom stereocenters. The van der Waals surface area contributed by atoms with Crippen LogP contribution in [0.2, 0.25) is 0 Å². The van der Waals surface area contributed by atoms with Crippen LogP contribution >= 0.6 is 0 Å². The number of carbonyl (C=O) groups is 2. The number of hydrogen-bond donors (Lipinski definition) is 1. The average Bonchev–Trinajstić information content (AvgIpc) is 2.94. The molecule has 0 aliphatic carbocycles. The van der Waals surface area contributed by atoms with Crippen molar-refractivity contribution in [3.05, 3.63) is 11.6 Å². The van der Waals surface area contributed by atoms with Crippen LogP contribution in [0.25, 0.3) is 0 Å². The molecule has 0 bridgehead atoms. The van der Waals surface area contributed by atoms with Gasteiger partial charge in [-0.2, -0.15) is 0 Å². The van der Waals surface area contributed by atoms with Crippen molar-refractivity contribution >= 4 is 11.9 Å². The summed E-state index contributed by atoms with van der Waals surface area (Å²) < 4.78 is 2.13. The van der Waals surface area contributed by atoms with Gasteiger partial charge in [-0.05, 0) is 19.3 Å². The maximum Gasteiger partial charge on any atom is 0.318 e. The molecule has 2 aliphatic heterocycles. The predicted molar refractivity (Wildman–Crippen MR) is 97.8 cm³/mol. The third-order valence-corrected chi connectivity index (χ3v) is 5.13. The fraction of sp³-hybridized carbons (Fsp3) is 0.778. The van der Waals surface area contributed by atoms with E-state index in [0.29, 0.717) is 19.0 Å². The molecule has 3 rings (SSSR count). The van der Waals surface area contributed by atoms with E-state index < -0.39 is 0 Å². The summed E-state index contributed by atoms with van der Waals surface area (Å²) in [6.45, 7) is 9.27. The first-order valence-corrected chi connectivity index (χ1v) is 9.74. The number of fused-ring (bicyclic) bond motifs is 1. The lowest BCUT2D eigenvalue weighted by Crippen LogP contribution is -2.49. The molecule has 1 aromatic rings. The third-order valence-electron chi connectivity index (χ3n) is 5.13. The van der Waals surface area contributed by atoms with E-state index in [2.05, 4.69) is 40.9 Å². The normalized spacial score (nSPS) is 20.9. The van der Waals surface area contributed by atoms with Gasteiger partial charge in [0, 0.05) is 44.6 Å². The van der Waals surface area contributed by atoms with Gasteiger partial charge in [0.15, 0.2) is 0 Å². The Bertz CT molecular complexity index is 656. The van der Waals surface area contributed by atoms with Crippen molar-refractivity contribution in [2.24, 2.45) is 0 Å². The maximum absolute atomic E-state index is 12.7. The first-order chi connectivity index (χ1) is 12.5. The number of carbonyl (C=O) groups excluding carboxylic acids is 2.